The van der Waals surface area contributed by atoms with Crippen molar-refractivity contribution in [2.24, 2.45) is 5.92 Å². The van der Waals surface area contributed by atoms with Crippen LogP contribution in [0.2, 0.25) is 0 Å². The Morgan fingerprint density at radius 2 is 1.47 bits per heavy atom. The number of allylic oxidation sites excluding steroid dienone is 1. The number of nitrogens with zero attached hydrogens (tertiary/aromatic N) is 1. The average Bonchev–Trinajstić information content (AvgIpc) is 3.12. The number of hydrogen-bond acceptors (Lipinski definition) is 7. The smallest absolute Gasteiger partial charge is 0.408 e. The Hall–Kier alpha value is -5.22. The van der Waals surface area contributed by atoms with Gasteiger partial charge in [-0.25, -0.2) is 9.59 Å². The van der Waals surface area contributed by atoms with Gasteiger partial charge in [-0.15, -0.1) is 13.2 Å². The van der Waals surface area contributed by atoms with Gasteiger partial charge in [0.25, 0.3) is 0 Å². The van der Waals surface area contributed by atoms with Crippen molar-refractivity contribution in [3.8, 4) is 0 Å². The van der Waals surface area contributed by atoms with E-state index in [1.165, 1.54) is 6.08 Å². The lowest BCUT2D eigenvalue weighted by molar-refractivity contribution is -0.147. The highest BCUT2D eigenvalue weighted by molar-refractivity contribution is 5.86. The number of rotatable bonds is 17. The Labute approximate surface area is 287 Å². The highest BCUT2D eigenvalue weighted by atomic mass is 16.6. The molecule has 0 radical (unpaired) electrons. The molecule has 0 aliphatic carbocycles. The Morgan fingerprint density at radius 3 is 2.12 bits per heavy atom. The summed E-state index contributed by atoms with van der Waals surface area (Å²) in [7, 11) is 0. The molecule has 4 atom stereocenters. The highest BCUT2D eigenvalue weighted by Gasteiger charge is 2.32. The molecule has 10 heteroatoms. The van der Waals surface area contributed by atoms with E-state index in [1.54, 1.807) is 11.0 Å². The van der Waals surface area contributed by atoms with Crippen molar-refractivity contribution in [2.45, 2.75) is 63.4 Å². The van der Waals surface area contributed by atoms with Gasteiger partial charge in [-0.05, 0) is 47.9 Å². The number of carbonyl (C=O) groups excluding carboxylic acids is 4. The molecular weight excluding hydrogens is 622 g/mol. The fourth-order valence-electron chi connectivity index (χ4n) is 5.80. The van der Waals surface area contributed by atoms with Gasteiger partial charge in [-0.3, -0.25) is 9.59 Å². The Morgan fingerprint density at radius 1 is 0.837 bits per heavy atom. The fraction of sp³-hybridized carbons (Fsp3) is 0.333. The summed E-state index contributed by atoms with van der Waals surface area (Å²) < 4.78 is 10.9. The molecule has 4 rings (SSSR count). The molecule has 10 nitrogen and oxygen atoms in total. The van der Waals surface area contributed by atoms with Crippen molar-refractivity contribution < 1.29 is 33.8 Å². The molecule has 3 aromatic rings. The van der Waals surface area contributed by atoms with Crippen LogP contribution in [0.4, 0.5) is 4.79 Å². The maximum absolute atomic E-state index is 13.7. The van der Waals surface area contributed by atoms with Gasteiger partial charge < -0.3 is 30.1 Å². The molecule has 258 valence electrons. The van der Waals surface area contributed by atoms with Gasteiger partial charge in [-0.1, -0.05) is 97.1 Å². The highest BCUT2D eigenvalue weighted by Crippen LogP contribution is 2.25. The second-order valence-electron chi connectivity index (χ2n) is 12.1. The molecule has 1 aliphatic heterocycles. The van der Waals surface area contributed by atoms with E-state index in [0.717, 1.165) is 22.3 Å². The molecule has 1 heterocycles. The van der Waals surface area contributed by atoms with Crippen LogP contribution >= 0.6 is 0 Å². The normalized spacial score (nSPS) is 15.4. The zero-order valence-corrected chi connectivity index (χ0v) is 27.7. The van der Waals surface area contributed by atoms with Crippen molar-refractivity contribution in [1.29, 1.82) is 0 Å². The van der Waals surface area contributed by atoms with E-state index in [9.17, 15) is 24.3 Å². The Kier molecular flexibility index (Phi) is 14.2. The molecule has 0 spiro atoms. The molecule has 3 N–H and O–H groups in total. The van der Waals surface area contributed by atoms with Crippen molar-refractivity contribution in [1.82, 2.24) is 15.5 Å². The van der Waals surface area contributed by atoms with Crippen LogP contribution in [0.3, 0.4) is 0 Å². The van der Waals surface area contributed by atoms with Gasteiger partial charge in [0.1, 0.15) is 19.3 Å². The summed E-state index contributed by atoms with van der Waals surface area (Å²) in [5.41, 5.74) is 3.82. The third-order valence-electron chi connectivity index (χ3n) is 8.42. The van der Waals surface area contributed by atoms with Crippen LogP contribution in [0.15, 0.2) is 110 Å². The van der Waals surface area contributed by atoms with Crippen LogP contribution in [-0.2, 0) is 49.9 Å². The predicted octanol–water partition coefficient (Wildman–Crippen LogP) is 4.66. The second-order valence-corrected chi connectivity index (χ2v) is 12.1. The first-order chi connectivity index (χ1) is 23.8. The van der Waals surface area contributed by atoms with Crippen LogP contribution in [0.25, 0.3) is 0 Å². The molecule has 0 saturated heterocycles. The topological polar surface area (TPSA) is 134 Å². The number of aliphatic hydroxyl groups excluding tert-OH is 1. The summed E-state index contributed by atoms with van der Waals surface area (Å²) in [4.78, 5) is 54.6. The summed E-state index contributed by atoms with van der Waals surface area (Å²) >= 11 is 0. The Balaban J connectivity index is 1.40. The Bertz CT molecular complexity index is 1560. The van der Waals surface area contributed by atoms with Crippen molar-refractivity contribution >= 4 is 23.9 Å². The maximum Gasteiger partial charge on any atom is 0.408 e. The van der Waals surface area contributed by atoms with E-state index >= 15 is 0 Å². The number of nitrogens with one attached hydrogen (secondary N) is 2. The predicted molar refractivity (Wildman–Crippen MR) is 186 cm³/mol. The zero-order valence-electron chi connectivity index (χ0n) is 27.7. The van der Waals surface area contributed by atoms with E-state index in [4.69, 9.17) is 9.47 Å². The number of amides is 3. The molecule has 3 aromatic carbocycles. The summed E-state index contributed by atoms with van der Waals surface area (Å²) in [5.74, 6) is -2.06. The summed E-state index contributed by atoms with van der Waals surface area (Å²) in [5, 5.41) is 15.6. The first-order valence-corrected chi connectivity index (χ1v) is 16.5. The van der Waals surface area contributed by atoms with Gasteiger partial charge >= 0.3 is 12.1 Å². The third-order valence-corrected chi connectivity index (χ3v) is 8.42. The lowest BCUT2D eigenvalue weighted by Crippen LogP contribution is -2.49. The summed E-state index contributed by atoms with van der Waals surface area (Å²) in [6, 6.07) is 24.3. The summed E-state index contributed by atoms with van der Waals surface area (Å²) in [6.07, 6.45) is 3.47. The molecule has 0 aromatic heterocycles. The van der Waals surface area contributed by atoms with E-state index in [2.05, 4.69) is 23.8 Å². The molecular formula is C39H45N3O7. The standard InChI is InChI=1S/C39H45N3O7/c1-3-13-31(23-36(44)42-24-32-20-12-11-19-30(32)22-34(42)25-43)37(45)40-33(21-28-15-7-5-8-16-28)27-48-38(46)35(14-4-2)41-39(47)49-26-29-17-9-6-10-18-29/h3-12,15-20,31,33-35,43H,1-2,13-14,21-27H2,(H,40,45)(H,41,47)/t31-,33-,34+,35-/m1/s1. The van der Waals surface area contributed by atoms with Crippen molar-refractivity contribution in [3.63, 3.8) is 0 Å². The van der Waals surface area contributed by atoms with Crippen LogP contribution in [0.5, 0.6) is 0 Å². The van der Waals surface area contributed by atoms with E-state index in [1.807, 2.05) is 84.9 Å². The molecule has 3 amide bonds. The van der Waals surface area contributed by atoms with Crippen LogP contribution in [0, 0.1) is 5.92 Å². The van der Waals surface area contributed by atoms with Crippen molar-refractivity contribution in [2.75, 3.05) is 13.2 Å². The number of aliphatic hydroxyl groups is 1. The molecule has 0 bridgehead atoms. The van der Waals surface area contributed by atoms with E-state index < -0.39 is 30.1 Å². The minimum Gasteiger partial charge on any atom is -0.462 e. The van der Waals surface area contributed by atoms with Gasteiger partial charge in [-0.2, -0.15) is 0 Å². The minimum absolute atomic E-state index is 0.0355. The van der Waals surface area contributed by atoms with Gasteiger partial charge in [0.15, 0.2) is 0 Å². The number of fused-ring (bicyclic) bond motifs is 1. The molecule has 0 saturated carbocycles. The lowest BCUT2D eigenvalue weighted by atomic mass is 9.92. The second kappa shape index (κ2) is 18.9. The number of carbonyl (C=O) groups is 4. The summed E-state index contributed by atoms with van der Waals surface area (Å²) in [6.45, 7) is 7.50. The molecule has 0 fully saturated rings. The van der Waals surface area contributed by atoms with Crippen molar-refractivity contribution in [3.05, 3.63) is 132 Å². The van der Waals surface area contributed by atoms with E-state index in [-0.39, 0.29) is 56.9 Å². The van der Waals surface area contributed by atoms with Crippen LogP contribution in [-0.4, -0.2) is 65.2 Å². The SMILES string of the molecule is C=CC[C@H](CC(=O)N1Cc2ccccc2C[C@H]1CO)C(=O)N[C@@H](COC(=O)[C@@H](CC=C)NC(=O)OCc1ccccc1)Cc1ccccc1. The average molecular weight is 668 g/mol. The fourth-order valence-corrected chi connectivity index (χ4v) is 5.80. The largest absolute Gasteiger partial charge is 0.462 e. The van der Waals surface area contributed by atoms with Crippen LogP contribution in [0.1, 0.15) is 41.5 Å². The quantitative estimate of drug-likeness (QED) is 0.141. The molecule has 0 unspecified atom stereocenters. The molecule has 1 aliphatic rings. The number of benzene rings is 3. The maximum atomic E-state index is 13.7. The van der Waals surface area contributed by atoms with Gasteiger partial charge in [0, 0.05) is 13.0 Å². The van der Waals surface area contributed by atoms with Crippen LogP contribution < -0.4 is 10.6 Å². The van der Waals surface area contributed by atoms with E-state index in [0.29, 0.717) is 19.4 Å². The zero-order chi connectivity index (χ0) is 35.0. The number of ether oxygens (including phenoxy) is 2. The third kappa shape index (κ3) is 11.2. The monoisotopic (exact) mass is 667 g/mol. The van der Waals surface area contributed by atoms with Gasteiger partial charge in [0.2, 0.25) is 11.8 Å². The first kappa shape index (κ1) is 36.6. The first-order valence-electron chi connectivity index (χ1n) is 16.5. The van der Waals surface area contributed by atoms with Gasteiger partial charge in [0.05, 0.1) is 24.6 Å². The minimum atomic E-state index is -1.05. The number of hydrogen-bond donors (Lipinski definition) is 3. The molecule has 49 heavy (non-hydrogen) atoms. The number of esters is 1. The number of alkyl carbamates (subject to hydrolysis) is 1. The lowest BCUT2D eigenvalue weighted by Gasteiger charge is -2.36.